The van der Waals surface area contributed by atoms with E-state index >= 15 is 0 Å². The lowest BCUT2D eigenvalue weighted by molar-refractivity contribution is 0.643. The minimum atomic E-state index is 0.582. The number of hydrogen-bond donors (Lipinski definition) is 2. The molecule has 0 bridgehead atoms. The molecule has 0 aliphatic carbocycles. The third-order valence-corrected chi connectivity index (χ3v) is 2.52. The summed E-state index contributed by atoms with van der Waals surface area (Å²) in [6.45, 7) is 7.06. The van der Waals surface area contributed by atoms with Crippen molar-refractivity contribution in [2.75, 3.05) is 5.73 Å². The van der Waals surface area contributed by atoms with E-state index in [0.717, 1.165) is 12.1 Å². The summed E-state index contributed by atoms with van der Waals surface area (Å²) in [7, 11) is 0. The van der Waals surface area contributed by atoms with Crippen LogP contribution in [0.1, 0.15) is 30.5 Å². The Balaban J connectivity index is 3.16. The van der Waals surface area contributed by atoms with Crippen LogP contribution in [-0.2, 0) is 13.0 Å². The highest BCUT2D eigenvalue weighted by Gasteiger charge is 2.09. The van der Waals surface area contributed by atoms with Crippen molar-refractivity contribution in [2.45, 2.75) is 33.7 Å². The minimum absolute atomic E-state index is 0.582. The Labute approximate surface area is 86.3 Å². The normalized spacial score (nSPS) is 10.9. The molecule has 0 spiro atoms. The molecule has 2 nitrogen and oxygen atoms in total. The third-order valence-electron chi connectivity index (χ3n) is 2.52. The average Bonchev–Trinajstić information content (AvgIpc) is 2.11. The SMILES string of the molecule is Cc1ccc(N)c(CC(C)C)c1CN. The van der Waals surface area contributed by atoms with Gasteiger partial charge in [-0.25, -0.2) is 0 Å². The molecule has 1 rings (SSSR count). The summed E-state index contributed by atoms with van der Waals surface area (Å²) < 4.78 is 0. The number of nitrogen functional groups attached to an aromatic ring is 1. The molecular formula is C12H20N2. The summed E-state index contributed by atoms with van der Waals surface area (Å²) in [4.78, 5) is 0. The predicted molar refractivity (Wildman–Crippen MR) is 62.0 cm³/mol. The molecule has 0 aliphatic heterocycles. The molecule has 0 fully saturated rings. The number of hydrogen-bond acceptors (Lipinski definition) is 2. The van der Waals surface area contributed by atoms with Crippen molar-refractivity contribution >= 4 is 5.69 Å². The Hall–Kier alpha value is -1.02. The molecule has 1 aromatic rings. The first-order valence-corrected chi connectivity index (χ1v) is 5.13. The molecule has 14 heavy (non-hydrogen) atoms. The summed E-state index contributed by atoms with van der Waals surface area (Å²) in [6, 6.07) is 4.02. The van der Waals surface area contributed by atoms with Gasteiger partial charge in [-0.05, 0) is 42.0 Å². The van der Waals surface area contributed by atoms with Gasteiger partial charge in [-0.2, -0.15) is 0 Å². The molecule has 0 unspecified atom stereocenters. The first-order valence-electron chi connectivity index (χ1n) is 5.13. The van der Waals surface area contributed by atoms with Crippen LogP contribution < -0.4 is 11.5 Å². The number of anilines is 1. The molecule has 0 saturated carbocycles. The first kappa shape index (κ1) is 11.1. The fourth-order valence-electron chi connectivity index (χ4n) is 1.76. The van der Waals surface area contributed by atoms with Gasteiger partial charge in [0.25, 0.3) is 0 Å². The van der Waals surface area contributed by atoms with E-state index in [1.165, 1.54) is 16.7 Å². The number of nitrogens with two attached hydrogens (primary N) is 2. The van der Waals surface area contributed by atoms with Gasteiger partial charge in [0.15, 0.2) is 0 Å². The Bertz CT molecular complexity index is 316. The van der Waals surface area contributed by atoms with Crippen LogP contribution in [0.2, 0.25) is 0 Å². The van der Waals surface area contributed by atoms with E-state index in [1.54, 1.807) is 0 Å². The number of benzene rings is 1. The van der Waals surface area contributed by atoms with Crippen LogP contribution >= 0.6 is 0 Å². The van der Waals surface area contributed by atoms with E-state index in [9.17, 15) is 0 Å². The monoisotopic (exact) mass is 192 g/mol. The number of rotatable bonds is 3. The Morgan fingerprint density at radius 2 is 1.86 bits per heavy atom. The van der Waals surface area contributed by atoms with Crippen molar-refractivity contribution < 1.29 is 0 Å². The zero-order valence-electron chi connectivity index (χ0n) is 9.30. The highest BCUT2D eigenvalue weighted by molar-refractivity contribution is 5.54. The molecule has 0 amide bonds. The van der Waals surface area contributed by atoms with Gasteiger partial charge in [0.05, 0.1) is 0 Å². The zero-order chi connectivity index (χ0) is 10.7. The topological polar surface area (TPSA) is 52.0 Å². The Morgan fingerprint density at radius 1 is 1.21 bits per heavy atom. The van der Waals surface area contributed by atoms with Crippen molar-refractivity contribution in [1.82, 2.24) is 0 Å². The van der Waals surface area contributed by atoms with Crippen LogP contribution in [0.15, 0.2) is 12.1 Å². The standard InChI is InChI=1S/C12H20N2/c1-8(2)6-10-11(7-13)9(3)4-5-12(10)14/h4-5,8H,6-7,13-14H2,1-3H3. The second-order valence-electron chi connectivity index (χ2n) is 4.23. The van der Waals surface area contributed by atoms with Gasteiger partial charge in [0.1, 0.15) is 0 Å². The van der Waals surface area contributed by atoms with E-state index in [-0.39, 0.29) is 0 Å². The van der Waals surface area contributed by atoms with Gasteiger partial charge in [-0.15, -0.1) is 0 Å². The van der Waals surface area contributed by atoms with E-state index in [0.29, 0.717) is 12.5 Å². The van der Waals surface area contributed by atoms with Crippen LogP contribution in [-0.4, -0.2) is 0 Å². The van der Waals surface area contributed by atoms with Crippen molar-refractivity contribution in [2.24, 2.45) is 11.7 Å². The first-order chi connectivity index (χ1) is 6.56. The number of aryl methyl sites for hydroxylation is 1. The van der Waals surface area contributed by atoms with E-state index < -0.39 is 0 Å². The maximum atomic E-state index is 5.96. The fraction of sp³-hybridized carbons (Fsp3) is 0.500. The fourth-order valence-corrected chi connectivity index (χ4v) is 1.76. The summed E-state index contributed by atoms with van der Waals surface area (Å²) in [5, 5.41) is 0. The van der Waals surface area contributed by atoms with Crippen LogP contribution in [0.5, 0.6) is 0 Å². The molecular weight excluding hydrogens is 172 g/mol. The highest BCUT2D eigenvalue weighted by atomic mass is 14.6. The Kier molecular flexibility index (Phi) is 3.53. The lowest BCUT2D eigenvalue weighted by Gasteiger charge is -2.15. The van der Waals surface area contributed by atoms with Crippen molar-refractivity contribution in [3.05, 3.63) is 28.8 Å². The summed E-state index contributed by atoms with van der Waals surface area (Å²) in [5.74, 6) is 0.615. The average molecular weight is 192 g/mol. The molecule has 0 aromatic heterocycles. The summed E-state index contributed by atoms with van der Waals surface area (Å²) in [6.07, 6.45) is 1.01. The van der Waals surface area contributed by atoms with Gasteiger partial charge in [0.2, 0.25) is 0 Å². The van der Waals surface area contributed by atoms with Gasteiger partial charge in [0, 0.05) is 12.2 Å². The molecule has 0 atom stereocenters. The van der Waals surface area contributed by atoms with Crippen LogP contribution in [0.4, 0.5) is 5.69 Å². The maximum Gasteiger partial charge on any atom is 0.0350 e. The largest absolute Gasteiger partial charge is 0.398 e. The van der Waals surface area contributed by atoms with Gasteiger partial charge in [-0.3, -0.25) is 0 Å². The Morgan fingerprint density at radius 3 is 2.36 bits per heavy atom. The predicted octanol–water partition coefficient (Wildman–Crippen LogP) is 2.23. The molecule has 1 aromatic carbocycles. The maximum absolute atomic E-state index is 5.96. The highest BCUT2D eigenvalue weighted by Crippen LogP contribution is 2.23. The second-order valence-corrected chi connectivity index (χ2v) is 4.23. The third kappa shape index (κ3) is 2.26. The molecule has 2 heteroatoms. The van der Waals surface area contributed by atoms with Gasteiger partial charge < -0.3 is 11.5 Å². The second kappa shape index (κ2) is 4.47. The van der Waals surface area contributed by atoms with Crippen molar-refractivity contribution in [3.63, 3.8) is 0 Å². The van der Waals surface area contributed by atoms with E-state index in [2.05, 4.69) is 20.8 Å². The molecule has 0 heterocycles. The van der Waals surface area contributed by atoms with Crippen molar-refractivity contribution in [1.29, 1.82) is 0 Å². The van der Waals surface area contributed by atoms with Crippen LogP contribution in [0.25, 0.3) is 0 Å². The van der Waals surface area contributed by atoms with Crippen LogP contribution in [0.3, 0.4) is 0 Å². The van der Waals surface area contributed by atoms with Crippen LogP contribution in [0, 0.1) is 12.8 Å². The van der Waals surface area contributed by atoms with E-state index in [4.69, 9.17) is 11.5 Å². The summed E-state index contributed by atoms with van der Waals surface area (Å²) >= 11 is 0. The molecule has 4 N–H and O–H groups in total. The quantitative estimate of drug-likeness (QED) is 0.722. The smallest absolute Gasteiger partial charge is 0.0350 e. The molecule has 0 aliphatic rings. The molecule has 78 valence electrons. The summed E-state index contributed by atoms with van der Waals surface area (Å²) in [5.41, 5.74) is 16.3. The molecule has 0 saturated heterocycles. The van der Waals surface area contributed by atoms with Gasteiger partial charge in [-0.1, -0.05) is 19.9 Å². The zero-order valence-corrected chi connectivity index (χ0v) is 9.30. The van der Waals surface area contributed by atoms with E-state index in [1.807, 2.05) is 12.1 Å². The van der Waals surface area contributed by atoms with Crippen molar-refractivity contribution in [3.8, 4) is 0 Å². The molecule has 0 radical (unpaired) electrons. The lowest BCUT2D eigenvalue weighted by Crippen LogP contribution is -2.09. The minimum Gasteiger partial charge on any atom is -0.398 e. The van der Waals surface area contributed by atoms with Gasteiger partial charge >= 0.3 is 0 Å². The lowest BCUT2D eigenvalue weighted by atomic mass is 9.93.